The first kappa shape index (κ1) is 51.2. The molecule has 3 saturated carbocycles. The van der Waals surface area contributed by atoms with Crippen LogP contribution in [-0.4, -0.2) is 121 Å². The highest BCUT2D eigenvalue weighted by atomic mass is 16.7. The average molecular weight is 896 g/mol. The number of nitrogens with one attached hydrogen (secondary N) is 5. The number of rotatable bonds is 23. The number of carbonyl (C=O) groups is 5. The Morgan fingerprint density at radius 3 is 2.00 bits per heavy atom. The third-order valence-corrected chi connectivity index (χ3v) is 14.6. The number of aliphatic hydroxyl groups is 1. The molecule has 3 aliphatic carbocycles. The van der Waals surface area contributed by atoms with Gasteiger partial charge in [-0.2, -0.15) is 0 Å². The summed E-state index contributed by atoms with van der Waals surface area (Å²) < 4.78 is 12.7. The average Bonchev–Trinajstić information content (AvgIpc) is 3.64. The summed E-state index contributed by atoms with van der Waals surface area (Å²) in [6, 6.07) is 2.72. The number of nitrogens with zero attached hydrogens (tertiary/aromatic N) is 1. The molecule has 1 aromatic rings. The molecule has 6 rings (SSSR count). The van der Waals surface area contributed by atoms with E-state index in [1.807, 2.05) is 0 Å². The zero-order valence-corrected chi connectivity index (χ0v) is 39.2. The number of aliphatic hydroxyl groups excluding tert-OH is 1. The van der Waals surface area contributed by atoms with Crippen molar-refractivity contribution in [3.63, 3.8) is 0 Å². The lowest BCUT2D eigenvalue weighted by Crippen LogP contribution is -2.65. The molecule has 1 aromatic carbocycles. The molecule has 358 valence electrons. The Bertz CT molecular complexity index is 1730. The summed E-state index contributed by atoms with van der Waals surface area (Å²) in [6.45, 7) is 13.4. The summed E-state index contributed by atoms with van der Waals surface area (Å²) in [5.41, 5.74) is 20.1. The van der Waals surface area contributed by atoms with Gasteiger partial charge in [-0.1, -0.05) is 51.5 Å². The number of benzene rings is 1. The molecule has 5 aliphatic rings. The Labute approximate surface area is 380 Å². The van der Waals surface area contributed by atoms with Crippen LogP contribution in [0.25, 0.3) is 0 Å². The molecule has 2 bridgehead atoms. The van der Waals surface area contributed by atoms with Crippen LogP contribution in [0.3, 0.4) is 0 Å². The van der Waals surface area contributed by atoms with Crippen molar-refractivity contribution in [2.45, 2.75) is 179 Å². The third kappa shape index (κ3) is 12.5. The highest BCUT2D eigenvalue weighted by Gasteiger charge is 2.68. The molecule has 18 heteroatoms. The van der Waals surface area contributed by atoms with Gasteiger partial charge in [0.1, 0.15) is 30.2 Å². The molecule has 2 aliphatic heterocycles. The van der Waals surface area contributed by atoms with Gasteiger partial charge in [0.15, 0.2) is 0 Å². The summed E-state index contributed by atoms with van der Waals surface area (Å²) >= 11 is 0. The van der Waals surface area contributed by atoms with Crippen molar-refractivity contribution in [3.8, 4) is 0 Å². The van der Waals surface area contributed by atoms with Gasteiger partial charge in [-0.15, -0.1) is 0 Å². The van der Waals surface area contributed by atoms with Crippen molar-refractivity contribution >= 4 is 36.8 Å². The van der Waals surface area contributed by atoms with E-state index in [1.54, 1.807) is 4.90 Å². The van der Waals surface area contributed by atoms with E-state index in [0.717, 1.165) is 44.9 Å². The Kier molecular flexibility index (Phi) is 18.5. The van der Waals surface area contributed by atoms with E-state index in [-0.39, 0.29) is 30.4 Å². The molecule has 0 radical (unpaired) electrons. The van der Waals surface area contributed by atoms with Gasteiger partial charge in [-0.25, -0.2) is 4.79 Å². The SMILES string of the molecule is CCCCc1ccc(C2CCN(C(=O)NC(CCCCN)C(=O)NC(C(=O)NC(C)C(=O)NC(CCCCN)C(=O)NC(N)B3OC4CC5CC(C5(C)C)C4(C)O3)C(C)O)CC2)cc1. The van der Waals surface area contributed by atoms with Crippen LogP contribution in [0.5, 0.6) is 0 Å². The van der Waals surface area contributed by atoms with Crippen LogP contribution in [-0.2, 0) is 34.9 Å². The van der Waals surface area contributed by atoms with Crippen LogP contribution in [0.4, 0.5) is 4.79 Å². The lowest BCUT2D eigenvalue weighted by atomic mass is 9.43. The van der Waals surface area contributed by atoms with Crippen LogP contribution in [0, 0.1) is 17.3 Å². The van der Waals surface area contributed by atoms with Crippen molar-refractivity contribution < 1.29 is 38.4 Å². The second-order valence-electron chi connectivity index (χ2n) is 19.6. The van der Waals surface area contributed by atoms with Crippen LogP contribution in [0.1, 0.15) is 136 Å². The highest BCUT2D eigenvalue weighted by molar-refractivity contribution is 6.47. The molecular formula is C46H78BN9O8. The van der Waals surface area contributed by atoms with Crippen LogP contribution in [0.2, 0.25) is 0 Å². The molecule has 10 atom stereocenters. The van der Waals surface area contributed by atoms with Crippen molar-refractivity contribution in [2.75, 3.05) is 26.2 Å². The number of carbonyl (C=O) groups excluding carboxylic acids is 5. The fourth-order valence-electron chi connectivity index (χ4n) is 10.2. The number of hydrogen-bond donors (Lipinski definition) is 9. The van der Waals surface area contributed by atoms with Gasteiger partial charge in [0.2, 0.25) is 23.6 Å². The normalized spacial score (nSPS) is 25.4. The Morgan fingerprint density at radius 1 is 0.812 bits per heavy atom. The lowest BCUT2D eigenvalue weighted by Gasteiger charge is -2.64. The van der Waals surface area contributed by atoms with E-state index in [9.17, 15) is 29.1 Å². The van der Waals surface area contributed by atoms with Gasteiger partial charge in [-0.05, 0) is 145 Å². The summed E-state index contributed by atoms with van der Waals surface area (Å²) in [5, 5.41) is 24.2. The molecule has 64 heavy (non-hydrogen) atoms. The van der Waals surface area contributed by atoms with Crippen LogP contribution >= 0.6 is 0 Å². The Balaban J connectivity index is 1.14. The van der Waals surface area contributed by atoms with E-state index in [2.05, 4.69) is 78.5 Å². The first-order valence-corrected chi connectivity index (χ1v) is 24.0. The summed E-state index contributed by atoms with van der Waals surface area (Å²) in [7, 11) is -0.866. The maximum Gasteiger partial charge on any atom is 0.497 e. The Morgan fingerprint density at radius 2 is 1.42 bits per heavy atom. The molecule has 6 amide bonds. The second-order valence-corrected chi connectivity index (χ2v) is 19.6. The van der Waals surface area contributed by atoms with Crippen molar-refractivity contribution in [2.24, 2.45) is 34.5 Å². The fourth-order valence-corrected chi connectivity index (χ4v) is 10.2. The zero-order valence-electron chi connectivity index (χ0n) is 39.2. The topological polar surface area (TPSA) is 265 Å². The van der Waals surface area contributed by atoms with Gasteiger partial charge < -0.3 is 63.1 Å². The summed E-state index contributed by atoms with van der Waals surface area (Å²) in [5.74, 6) is -1.50. The maximum absolute atomic E-state index is 13.8. The number of hydrogen-bond acceptors (Lipinski definition) is 11. The zero-order chi connectivity index (χ0) is 46.8. The molecule has 10 unspecified atom stereocenters. The van der Waals surface area contributed by atoms with Gasteiger partial charge in [0.05, 0.1) is 17.8 Å². The molecule has 2 saturated heterocycles. The van der Waals surface area contributed by atoms with Gasteiger partial charge in [-0.3, -0.25) is 19.2 Å². The molecular weight excluding hydrogens is 817 g/mol. The smallest absolute Gasteiger partial charge is 0.403 e. The van der Waals surface area contributed by atoms with E-state index in [0.29, 0.717) is 69.6 Å². The maximum atomic E-state index is 13.8. The number of urea groups is 1. The quantitative estimate of drug-likeness (QED) is 0.0436. The standard InChI is InChI=1S/C46H78BN9O8/c1-7-8-13-30-16-18-31(19-17-30)32-20-24-56(25-21-32)44(62)53-35(15-10-12-23-49)40(59)54-38(29(3)57)42(61)51-28(2)39(58)52-34(14-9-11-22-48)41(60)55-43(50)47-63-37-27-33-26-36(45(33,4)5)46(37,6)64-47/h16-19,28-29,32-38,43,57H,7-15,20-27,48-50H2,1-6H3,(H,51,61)(H,52,58)(H,53,62)(H,54,59)(H,55,60). The first-order chi connectivity index (χ1) is 30.4. The predicted molar refractivity (Wildman–Crippen MR) is 246 cm³/mol. The number of unbranched alkanes of at least 4 members (excludes halogenated alkanes) is 3. The second kappa shape index (κ2) is 23.1. The van der Waals surface area contributed by atoms with Crippen molar-refractivity contribution in [3.05, 3.63) is 35.4 Å². The number of nitrogens with two attached hydrogens (primary N) is 3. The number of aryl methyl sites for hydroxylation is 1. The molecule has 17 nitrogen and oxygen atoms in total. The van der Waals surface area contributed by atoms with Crippen molar-refractivity contribution in [1.29, 1.82) is 0 Å². The lowest BCUT2D eigenvalue weighted by molar-refractivity contribution is -0.199. The molecule has 0 spiro atoms. The Hall–Kier alpha value is -3.81. The van der Waals surface area contributed by atoms with Gasteiger partial charge in [0, 0.05) is 13.1 Å². The van der Waals surface area contributed by atoms with Gasteiger partial charge >= 0.3 is 13.1 Å². The minimum atomic E-state index is -1.46. The molecule has 0 aromatic heterocycles. The first-order valence-electron chi connectivity index (χ1n) is 24.0. The number of likely N-dealkylation sites (tertiary alicyclic amines) is 1. The van der Waals surface area contributed by atoms with Crippen LogP contribution < -0.4 is 43.8 Å². The van der Waals surface area contributed by atoms with E-state index >= 15 is 0 Å². The molecule has 5 fully saturated rings. The van der Waals surface area contributed by atoms with E-state index in [1.165, 1.54) is 25.0 Å². The third-order valence-electron chi connectivity index (χ3n) is 14.6. The monoisotopic (exact) mass is 896 g/mol. The number of amides is 6. The largest absolute Gasteiger partial charge is 0.497 e. The summed E-state index contributed by atoms with van der Waals surface area (Å²) in [4.78, 5) is 69.8. The minimum absolute atomic E-state index is 0.129. The molecule has 2 heterocycles. The van der Waals surface area contributed by atoms with E-state index in [4.69, 9.17) is 26.5 Å². The van der Waals surface area contributed by atoms with Crippen LogP contribution in [0.15, 0.2) is 24.3 Å². The van der Waals surface area contributed by atoms with Gasteiger partial charge in [0.25, 0.3) is 0 Å². The molecule has 12 N–H and O–H groups in total. The van der Waals surface area contributed by atoms with E-state index < -0.39 is 72.7 Å². The minimum Gasteiger partial charge on any atom is -0.403 e. The summed E-state index contributed by atoms with van der Waals surface area (Å²) in [6.07, 6.45) is 8.21. The predicted octanol–water partition coefficient (Wildman–Crippen LogP) is 2.07. The van der Waals surface area contributed by atoms with Crippen molar-refractivity contribution in [1.82, 2.24) is 31.5 Å². The highest BCUT2D eigenvalue weighted by Crippen LogP contribution is 2.65. The fraction of sp³-hybridized carbons (Fsp3) is 0.761. The number of piperidine rings is 1.